The molecule has 0 unspecified atom stereocenters. The second kappa shape index (κ2) is 14.6. The Morgan fingerprint density at radius 3 is 2.47 bits per heavy atom. The number of imidazole rings is 1. The lowest BCUT2D eigenvalue weighted by molar-refractivity contribution is -0.276. The van der Waals surface area contributed by atoms with E-state index in [1.807, 2.05) is 71.3 Å². The number of para-hydroxylation sites is 2. The molecular formula is C36H42N4O7. The highest BCUT2D eigenvalue weighted by atomic mass is 16.7. The second-order valence-electron chi connectivity index (χ2n) is 12.6. The third kappa shape index (κ3) is 7.65. The fourth-order valence-electron chi connectivity index (χ4n) is 6.77. The summed E-state index contributed by atoms with van der Waals surface area (Å²) in [5.74, 6) is -1.16. The molecule has 4 atom stereocenters. The van der Waals surface area contributed by atoms with Crippen molar-refractivity contribution in [3.05, 3.63) is 100.0 Å². The molecule has 0 saturated carbocycles. The lowest BCUT2D eigenvalue weighted by atomic mass is 9.89. The number of aromatic nitrogens is 2. The summed E-state index contributed by atoms with van der Waals surface area (Å²) in [7, 11) is 0. The van der Waals surface area contributed by atoms with Crippen LogP contribution in [-0.4, -0.2) is 62.3 Å². The summed E-state index contributed by atoms with van der Waals surface area (Å²) in [5, 5.41) is 21.3. The molecule has 11 nitrogen and oxygen atoms in total. The minimum Gasteiger partial charge on any atom is -0.481 e. The number of aliphatic hydroxyl groups excluding tert-OH is 1. The van der Waals surface area contributed by atoms with Gasteiger partial charge in [0.1, 0.15) is 0 Å². The van der Waals surface area contributed by atoms with Crippen LogP contribution in [0.3, 0.4) is 0 Å². The number of ether oxygens (including phenoxy) is 2. The van der Waals surface area contributed by atoms with E-state index in [9.17, 15) is 19.5 Å². The summed E-state index contributed by atoms with van der Waals surface area (Å²) < 4.78 is 15.2. The first-order chi connectivity index (χ1) is 22.8. The molecule has 3 aromatic carbocycles. The number of carbonyl (C=O) groups excluding carboxylic acids is 1. The van der Waals surface area contributed by atoms with Gasteiger partial charge in [-0.2, -0.15) is 0 Å². The first-order valence-corrected chi connectivity index (χ1v) is 16.3. The molecule has 2 aliphatic heterocycles. The quantitative estimate of drug-likeness (QED) is 0.176. The Labute approximate surface area is 273 Å². The first-order valence-electron chi connectivity index (χ1n) is 16.3. The van der Waals surface area contributed by atoms with Gasteiger partial charge in [-0.05, 0) is 54.7 Å². The second-order valence-corrected chi connectivity index (χ2v) is 12.6. The number of aromatic amines is 1. The van der Waals surface area contributed by atoms with Gasteiger partial charge in [0.05, 0.1) is 29.8 Å². The van der Waals surface area contributed by atoms with Crippen LogP contribution < -0.4 is 11.0 Å². The molecule has 4 N–H and O–H groups in total. The van der Waals surface area contributed by atoms with Gasteiger partial charge in [0, 0.05) is 55.7 Å². The number of likely N-dealkylation sites (tertiary alicyclic amines) is 1. The molecule has 248 valence electrons. The first kappa shape index (κ1) is 32.6. The van der Waals surface area contributed by atoms with Crippen molar-refractivity contribution in [2.24, 2.45) is 5.92 Å². The summed E-state index contributed by atoms with van der Waals surface area (Å²) in [6.07, 6.45) is 0.889. The van der Waals surface area contributed by atoms with Gasteiger partial charge in [-0.1, -0.05) is 55.5 Å². The zero-order valence-electron chi connectivity index (χ0n) is 26.5. The van der Waals surface area contributed by atoms with Gasteiger partial charge < -0.3 is 34.9 Å². The summed E-state index contributed by atoms with van der Waals surface area (Å²) >= 11 is 0. The van der Waals surface area contributed by atoms with E-state index in [0.29, 0.717) is 12.2 Å². The number of hydrogen-bond acceptors (Lipinski definition) is 7. The molecule has 2 aliphatic rings. The van der Waals surface area contributed by atoms with Crippen LogP contribution in [0.5, 0.6) is 0 Å². The summed E-state index contributed by atoms with van der Waals surface area (Å²) in [6.45, 7) is 4.45. The number of aliphatic hydroxyl groups is 1. The number of carboxylic acid groups (broad SMARTS) is 1. The summed E-state index contributed by atoms with van der Waals surface area (Å²) in [6, 6.07) is 23.1. The Kier molecular flexibility index (Phi) is 10.2. The monoisotopic (exact) mass is 642 g/mol. The van der Waals surface area contributed by atoms with E-state index < -0.39 is 12.3 Å². The van der Waals surface area contributed by atoms with Gasteiger partial charge in [0.25, 0.3) is 0 Å². The number of rotatable bonds is 11. The van der Waals surface area contributed by atoms with Gasteiger partial charge in [0.2, 0.25) is 5.91 Å². The third-order valence-corrected chi connectivity index (χ3v) is 9.34. The standard InChI is InChI=1S/C36H42N4O7/c1-23-31(21-39-18-16-28(17-19-39)40-30-9-3-2-8-29(30)38-36(40)45)46-35(47-34(23)25-14-12-24(22-41)13-15-25)26-6-4-7-27(20-26)37-32(42)10-5-11-33(43)44/h2-4,6-9,12-15,20,23,28,31,34-35,41H,5,10-11,16-19,21-22H2,1H3,(H,37,42)(H,38,45)(H,43,44)/t23-,31+,34+,35+/m0/s1. The molecule has 0 bridgehead atoms. The predicted octanol–water partition coefficient (Wildman–Crippen LogP) is 5.14. The van der Waals surface area contributed by atoms with Crippen molar-refractivity contribution in [1.82, 2.24) is 14.5 Å². The van der Waals surface area contributed by atoms with Crippen LogP contribution in [-0.2, 0) is 25.7 Å². The number of H-pyrrole nitrogens is 1. The van der Waals surface area contributed by atoms with Crippen molar-refractivity contribution < 1.29 is 29.3 Å². The molecule has 6 rings (SSSR count). The predicted molar refractivity (Wildman–Crippen MR) is 177 cm³/mol. The fourth-order valence-corrected chi connectivity index (χ4v) is 6.77. The van der Waals surface area contributed by atoms with Crippen molar-refractivity contribution in [3.8, 4) is 0 Å². The summed E-state index contributed by atoms with van der Waals surface area (Å²) in [4.78, 5) is 41.5. The van der Waals surface area contributed by atoms with Crippen LogP contribution in [0.2, 0.25) is 0 Å². The number of fused-ring (bicyclic) bond motifs is 1. The Hall–Kier alpha value is -4.29. The number of nitrogens with zero attached hydrogens (tertiary/aromatic N) is 2. The number of amides is 1. The SMILES string of the molecule is C[C@H]1[C@@H](CN2CCC(n3c(=O)[nH]c4ccccc43)CC2)O[C@@H](c2cccc(NC(=O)CCCC(=O)O)c2)O[C@H]1c1ccc(CO)cc1. The highest BCUT2D eigenvalue weighted by Crippen LogP contribution is 2.42. The van der Waals surface area contributed by atoms with Crippen LogP contribution >= 0.6 is 0 Å². The Balaban J connectivity index is 1.17. The van der Waals surface area contributed by atoms with Crippen LogP contribution in [0.15, 0.2) is 77.6 Å². The molecule has 0 spiro atoms. The Morgan fingerprint density at radius 2 is 1.72 bits per heavy atom. The average molecular weight is 643 g/mol. The van der Waals surface area contributed by atoms with Crippen LogP contribution in [0.4, 0.5) is 5.69 Å². The molecule has 0 radical (unpaired) electrons. The number of anilines is 1. The molecule has 0 aliphatic carbocycles. The molecule has 1 amide bonds. The number of aliphatic carboxylic acids is 1. The maximum atomic E-state index is 12.8. The molecule has 47 heavy (non-hydrogen) atoms. The molecule has 4 aromatic rings. The average Bonchev–Trinajstić information content (AvgIpc) is 3.41. The van der Waals surface area contributed by atoms with Crippen LogP contribution in [0, 0.1) is 5.92 Å². The normalized spacial score (nSPS) is 22.3. The van der Waals surface area contributed by atoms with Gasteiger partial charge in [0.15, 0.2) is 6.29 Å². The van der Waals surface area contributed by atoms with Gasteiger partial charge >= 0.3 is 11.7 Å². The minimum absolute atomic E-state index is 0.0114. The number of carboxylic acids is 1. The fraction of sp³-hybridized carbons (Fsp3) is 0.417. The zero-order chi connectivity index (χ0) is 32.9. The molecular weight excluding hydrogens is 600 g/mol. The maximum Gasteiger partial charge on any atom is 0.326 e. The Morgan fingerprint density at radius 1 is 0.957 bits per heavy atom. The molecule has 3 heterocycles. The number of benzene rings is 3. The minimum atomic E-state index is -0.926. The molecule has 2 saturated heterocycles. The number of hydrogen-bond donors (Lipinski definition) is 4. The van der Waals surface area contributed by atoms with Crippen molar-refractivity contribution in [2.45, 2.75) is 70.2 Å². The molecule has 11 heteroatoms. The highest BCUT2D eigenvalue weighted by molar-refractivity contribution is 5.91. The highest BCUT2D eigenvalue weighted by Gasteiger charge is 2.39. The van der Waals surface area contributed by atoms with E-state index in [4.69, 9.17) is 14.6 Å². The number of piperidine rings is 1. The van der Waals surface area contributed by atoms with Gasteiger partial charge in [-0.3, -0.25) is 14.2 Å². The van der Waals surface area contributed by atoms with Crippen LogP contribution in [0.1, 0.15) is 74.2 Å². The van der Waals surface area contributed by atoms with Gasteiger partial charge in [-0.25, -0.2) is 4.79 Å². The number of carbonyl (C=O) groups is 2. The number of nitrogens with one attached hydrogen (secondary N) is 2. The molecule has 2 fully saturated rings. The lowest BCUT2D eigenvalue weighted by Crippen LogP contribution is -2.47. The van der Waals surface area contributed by atoms with Gasteiger partial charge in [-0.15, -0.1) is 0 Å². The van der Waals surface area contributed by atoms with E-state index in [1.165, 1.54) is 0 Å². The van der Waals surface area contributed by atoms with Crippen LogP contribution in [0.25, 0.3) is 11.0 Å². The van der Waals surface area contributed by atoms with Crippen molar-refractivity contribution >= 4 is 28.6 Å². The van der Waals surface area contributed by atoms with E-state index >= 15 is 0 Å². The topological polar surface area (TPSA) is 146 Å². The van der Waals surface area contributed by atoms with Crippen molar-refractivity contribution in [1.29, 1.82) is 0 Å². The van der Waals surface area contributed by atoms with Crippen molar-refractivity contribution in [2.75, 3.05) is 25.0 Å². The third-order valence-electron chi connectivity index (χ3n) is 9.34. The van der Waals surface area contributed by atoms with E-state index in [-0.39, 0.29) is 61.6 Å². The molecule has 1 aromatic heterocycles. The van der Waals surface area contributed by atoms with Crippen molar-refractivity contribution in [3.63, 3.8) is 0 Å². The maximum absolute atomic E-state index is 12.8. The Bertz CT molecular complexity index is 1740. The lowest BCUT2D eigenvalue weighted by Gasteiger charge is -2.44. The van der Waals surface area contributed by atoms with E-state index in [2.05, 4.69) is 22.1 Å². The summed E-state index contributed by atoms with van der Waals surface area (Å²) in [5.41, 5.74) is 4.90. The van der Waals surface area contributed by atoms with E-state index in [1.54, 1.807) is 6.07 Å². The largest absolute Gasteiger partial charge is 0.481 e. The smallest absolute Gasteiger partial charge is 0.326 e. The van der Waals surface area contributed by atoms with E-state index in [0.717, 1.165) is 53.7 Å². The zero-order valence-corrected chi connectivity index (χ0v) is 26.5.